The van der Waals surface area contributed by atoms with Crippen molar-refractivity contribution in [3.05, 3.63) is 64.8 Å². The monoisotopic (exact) mass is 413 g/mol. The van der Waals surface area contributed by atoms with Crippen molar-refractivity contribution in [1.82, 2.24) is 8.87 Å². The Morgan fingerprint density at radius 2 is 1.68 bits per heavy atom. The van der Waals surface area contributed by atoms with Gasteiger partial charge in [-0.15, -0.1) is 11.3 Å². The van der Waals surface area contributed by atoms with Crippen molar-refractivity contribution in [2.45, 2.75) is 31.2 Å². The molecular formula is C21H23N3O2S2. The molecule has 0 unspecified atom stereocenters. The molecule has 2 aromatic carbocycles. The molecule has 0 radical (unpaired) electrons. The van der Waals surface area contributed by atoms with E-state index in [9.17, 15) is 8.42 Å². The Bertz CT molecular complexity index is 1110. The number of hydrogen-bond acceptors (Lipinski definition) is 4. The summed E-state index contributed by atoms with van der Waals surface area (Å²) in [6, 6.07) is 17.1. The number of para-hydroxylation sites is 1. The highest BCUT2D eigenvalue weighted by atomic mass is 32.2. The van der Waals surface area contributed by atoms with Gasteiger partial charge in [-0.3, -0.25) is 0 Å². The van der Waals surface area contributed by atoms with Crippen LogP contribution in [0.15, 0.2) is 69.9 Å². The number of sulfonamides is 1. The smallest absolute Gasteiger partial charge is 0.243 e. The first-order valence-corrected chi connectivity index (χ1v) is 11.8. The van der Waals surface area contributed by atoms with Gasteiger partial charge in [0.25, 0.3) is 0 Å². The molecule has 0 spiro atoms. The van der Waals surface area contributed by atoms with Gasteiger partial charge in [0, 0.05) is 25.0 Å². The Morgan fingerprint density at radius 1 is 1.00 bits per heavy atom. The summed E-state index contributed by atoms with van der Waals surface area (Å²) < 4.78 is 29.2. The van der Waals surface area contributed by atoms with Crippen LogP contribution < -0.4 is 4.80 Å². The molecule has 3 aromatic rings. The molecule has 28 heavy (non-hydrogen) atoms. The Balaban J connectivity index is 1.68. The molecule has 146 valence electrons. The van der Waals surface area contributed by atoms with Crippen LogP contribution in [-0.4, -0.2) is 30.4 Å². The topological polar surface area (TPSA) is 54.7 Å². The Kier molecular flexibility index (Phi) is 5.48. The average molecular weight is 414 g/mol. The summed E-state index contributed by atoms with van der Waals surface area (Å²) in [5.74, 6) is 0. The Hall–Kier alpha value is -2.22. The highest BCUT2D eigenvalue weighted by Crippen LogP contribution is 2.25. The van der Waals surface area contributed by atoms with Crippen molar-refractivity contribution in [3.8, 4) is 11.3 Å². The maximum absolute atomic E-state index is 12.7. The number of rotatable bonds is 5. The molecule has 1 aliphatic rings. The third-order valence-electron chi connectivity index (χ3n) is 4.95. The van der Waals surface area contributed by atoms with Crippen LogP contribution in [0.5, 0.6) is 0 Å². The van der Waals surface area contributed by atoms with Crippen molar-refractivity contribution in [2.75, 3.05) is 13.1 Å². The van der Waals surface area contributed by atoms with E-state index in [2.05, 4.69) is 16.9 Å². The van der Waals surface area contributed by atoms with Crippen LogP contribution in [0.25, 0.3) is 11.3 Å². The lowest BCUT2D eigenvalue weighted by molar-refractivity contribution is 0.477. The highest BCUT2D eigenvalue weighted by Gasteiger charge is 2.27. The summed E-state index contributed by atoms with van der Waals surface area (Å²) in [6.45, 7) is 4.12. The maximum atomic E-state index is 12.7. The van der Waals surface area contributed by atoms with Crippen LogP contribution in [0.4, 0.5) is 5.69 Å². The summed E-state index contributed by atoms with van der Waals surface area (Å²) in [7, 11) is -3.38. The van der Waals surface area contributed by atoms with Gasteiger partial charge in [-0.2, -0.15) is 4.31 Å². The molecule has 0 N–H and O–H groups in total. The van der Waals surface area contributed by atoms with Crippen molar-refractivity contribution in [1.29, 1.82) is 0 Å². The molecule has 0 amide bonds. The molecule has 1 aliphatic heterocycles. The fraction of sp³-hybridized carbons (Fsp3) is 0.286. The van der Waals surface area contributed by atoms with E-state index < -0.39 is 10.0 Å². The normalized spacial score (nSPS) is 16.0. The molecule has 0 saturated carbocycles. The van der Waals surface area contributed by atoms with Gasteiger partial charge in [-0.1, -0.05) is 30.3 Å². The second kappa shape index (κ2) is 8.03. The summed E-state index contributed by atoms with van der Waals surface area (Å²) in [6.07, 6.45) is 1.88. The summed E-state index contributed by atoms with van der Waals surface area (Å²) in [5, 5.41) is 2.08. The lowest BCUT2D eigenvalue weighted by Crippen LogP contribution is -2.27. The van der Waals surface area contributed by atoms with Crippen LogP contribution in [0, 0.1) is 0 Å². The lowest BCUT2D eigenvalue weighted by Gasteiger charge is -2.15. The highest BCUT2D eigenvalue weighted by molar-refractivity contribution is 7.89. The standard InChI is InChI=1S/C21H23N3O2S2/c1-2-24-20(16-27-21(24)22-18-8-4-3-5-9-18)17-10-12-19(13-11-17)28(25,26)23-14-6-7-15-23/h3-5,8-13,16H,2,6-7,14-15H2,1H3. The second-order valence-corrected chi connectivity index (χ2v) is 9.51. The van der Waals surface area contributed by atoms with E-state index in [1.54, 1.807) is 27.8 Å². The van der Waals surface area contributed by atoms with Gasteiger partial charge in [-0.05, 0) is 49.6 Å². The summed E-state index contributed by atoms with van der Waals surface area (Å²) in [4.78, 5) is 6.04. The maximum Gasteiger partial charge on any atom is 0.243 e. The van der Waals surface area contributed by atoms with Gasteiger partial charge in [0.05, 0.1) is 16.3 Å². The number of aromatic nitrogens is 1. The zero-order valence-electron chi connectivity index (χ0n) is 15.8. The largest absolute Gasteiger partial charge is 0.317 e. The van der Waals surface area contributed by atoms with E-state index in [0.717, 1.165) is 41.1 Å². The molecule has 4 rings (SSSR count). The van der Waals surface area contributed by atoms with Crippen LogP contribution in [0.2, 0.25) is 0 Å². The SMILES string of the molecule is CCn1c(-c2ccc(S(=O)(=O)N3CCCC3)cc2)csc1=Nc1ccccc1. The van der Waals surface area contributed by atoms with E-state index in [0.29, 0.717) is 18.0 Å². The predicted molar refractivity (Wildman–Crippen MR) is 113 cm³/mol. The van der Waals surface area contributed by atoms with Crippen LogP contribution in [0.3, 0.4) is 0 Å². The minimum atomic E-state index is -3.38. The molecular weight excluding hydrogens is 390 g/mol. The molecule has 1 fully saturated rings. The third kappa shape index (κ3) is 3.70. The van der Waals surface area contributed by atoms with E-state index in [4.69, 9.17) is 4.99 Å². The van der Waals surface area contributed by atoms with E-state index in [-0.39, 0.29) is 0 Å². The van der Waals surface area contributed by atoms with Crippen molar-refractivity contribution in [2.24, 2.45) is 4.99 Å². The lowest BCUT2D eigenvalue weighted by atomic mass is 10.2. The zero-order valence-corrected chi connectivity index (χ0v) is 17.4. The molecule has 0 aliphatic carbocycles. The van der Waals surface area contributed by atoms with Gasteiger partial charge in [0.2, 0.25) is 10.0 Å². The van der Waals surface area contributed by atoms with E-state index >= 15 is 0 Å². The summed E-state index contributed by atoms with van der Waals surface area (Å²) in [5.41, 5.74) is 2.96. The molecule has 5 nitrogen and oxygen atoms in total. The quantitative estimate of drug-likeness (QED) is 0.628. The van der Waals surface area contributed by atoms with E-state index in [1.165, 1.54) is 0 Å². The van der Waals surface area contributed by atoms with Gasteiger partial charge >= 0.3 is 0 Å². The number of benzene rings is 2. The van der Waals surface area contributed by atoms with Gasteiger partial charge in [-0.25, -0.2) is 13.4 Å². The molecule has 2 heterocycles. The predicted octanol–water partition coefficient (Wildman–Crippen LogP) is 4.25. The first kappa shape index (κ1) is 19.1. The first-order chi connectivity index (χ1) is 13.6. The van der Waals surface area contributed by atoms with Gasteiger partial charge < -0.3 is 4.57 Å². The van der Waals surface area contributed by atoms with Crippen LogP contribution in [0.1, 0.15) is 19.8 Å². The second-order valence-electron chi connectivity index (χ2n) is 6.73. The molecule has 1 saturated heterocycles. The van der Waals surface area contributed by atoms with Gasteiger partial charge in [0.15, 0.2) is 4.80 Å². The van der Waals surface area contributed by atoms with E-state index in [1.807, 2.05) is 42.5 Å². The number of thiazole rings is 1. The molecule has 0 atom stereocenters. The minimum Gasteiger partial charge on any atom is -0.317 e. The molecule has 7 heteroatoms. The van der Waals surface area contributed by atoms with Crippen LogP contribution in [-0.2, 0) is 16.6 Å². The molecule has 0 bridgehead atoms. The molecule has 1 aromatic heterocycles. The summed E-state index contributed by atoms with van der Waals surface area (Å²) >= 11 is 1.59. The van der Waals surface area contributed by atoms with Crippen molar-refractivity contribution >= 4 is 27.0 Å². The van der Waals surface area contributed by atoms with Gasteiger partial charge in [0.1, 0.15) is 0 Å². The number of hydrogen-bond donors (Lipinski definition) is 0. The average Bonchev–Trinajstić information content (AvgIpc) is 3.39. The minimum absolute atomic E-state index is 0.366. The number of nitrogens with zero attached hydrogens (tertiary/aromatic N) is 3. The first-order valence-electron chi connectivity index (χ1n) is 9.48. The third-order valence-corrected chi connectivity index (χ3v) is 7.72. The Labute approximate surface area is 169 Å². The fourth-order valence-corrected chi connectivity index (χ4v) is 5.95. The zero-order chi connectivity index (χ0) is 19.6. The fourth-order valence-electron chi connectivity index (χ4n) is 3.44. The van der Waals surface area contributed by atoms with Crippen molar-refractivity contribution < 1.29 is 8.42 Å². The Morgan fingerprint density at radius 3 is 2.32 bits per heavy atom. The van der Waals surface area contributed by atoms with Crippen LogP contribution >= 0.6 is 11.3 Å². The van der Waals surface area contributed by atoms with Crippen molar-refractivity contribution in [3.63, 3.8) is 0 Å².